The van der Waals surface area contributed by atoms with Crippen LogP contribution in [0.2, 0.25) is 0 Å². The molecule has 2 heterocycles. The van der Waals surface area contributed by atoms with Gasteiger partial charge in [-0.05, 0) is 31.7 Å². The van der Waals surface area contributed by atoms with Gasteiger partial charge in [-0.3, -0.25) is 9.59 Å². The average Bonchev–Trinajstić information content (AvgIpc) is 3.22. The van der Waals surface area contributed by atoms with E-state index in [-0.39, 0.29) is 23.7 Å². The van der Waals surface area contributed by atoms with E-state index in [1.54, 1.807) is 11.0 Å². The topological polar surface area (TPSA) is 88.9 Å². The van der Waals surface area contributed by atoms with E-state index in [1.807, 2.05) is 0 Å². The van der Waals surface area contributed by atoms with Crippen molar-refractivity contribution in [2.24, 2.45) is 5.92 Å². The zero-order valence-corrected chi connectivity index (χ0v) is 15.2. The van der Waals surface area contributed by atoms with Crippen molar-refractivity contribution in [1.82, 2.24) is 10.2 Å². The van der Waals surface area contributed by atoms with Crippen molar-refractivity contribution in [3.63, 3.8) is 0 Å². The van der Waals surface area contributed by atoms with E-state index in [2.05, 4.69) is 5.32 Å². The maximum atomic E-state index is 12.8. The first-order chi connectivity index (χ1) is 12.6. The standard InChI is InChI=1S/C19H26N2O5/c1-25-18(24)19(8-3-2-4-9-19)20-16(22)14-5-10-21(11-6-14)17(23)15-7-12-26-13-15/h7,12-14H,2-6,8-11H2,1H3,(H,20,22). The fraction of sp³-hybridized carbons (Fsp3) is 0.632. The van der Waals surface area contributed by atoms with Crippen molar-refractivity contribution in [1.29, 1.82) is 0 Å². The molecule has 2 fully saturated rings. The van der Waals surface area contributed by atoms with E-state index in [1.165, 1.54) is 19.6 Å². The number of amides is 2. The number of piperidine rings is 1. The fourth-order valence-electron chi connectivity index (χ4n) is 3.98. The molecule has 0 radical (unpaired) electrons. The lowest BCUT2D eigenvalue weighted by atomic mass is 9.81. The fourth-order valence-corrected chi connectivity index (χ4v) is 3.98. The highest BCUT2D eigenvalue weighted by atomic mass is 16.5. The number of nitrogens with one attached hydrogen (secondary N) is 1. The van der Waals surface area contributed by atoms with Crippen molar-refractivity contribution in [3.05, 3.63) is 24.2 Å². The van der Waals surface area contributed by atoms with Crippen molar-refractivity contribution in [2.45, 2.75) is 50.5 Å². The molecule has 0 spiro atoms. The summed E-state index contributed by atoms with van der Waals surface area (Å²) in [6, 6.07) is 1.64. The van der Waals surface area contributed by atoms with Gasteiger partial charge >= 0.3 is 5.97 Å². The van der Waals surface area contributed by atoms with E-state index in [0.29, 0.717) is 44.3 Å². The molecule has 7 nitrogen and oxygen atoms in total. The third kappa shape index (κ3) is 3.76. The van der Waals surface area contributed by atoms with Crippen LogP contribution < -0.4 is 5.32 Å². The Morgan fingerprint density at radius 1 is 1.19 bits per heavy atom. The molecule has 3 rings (SSSR count). The molecule has 1 saturated carbocycles. The first kappa shape index (κ1) is 18.5. The van der Waals surface area contributed by atoms with Crippen LogP contribution in [0.4, 0.5) is 0 Å². The first-order valence-corrected chi connectivity index (χ1v) is 9.28. The van der Waals surface area contributed by atoms with Gasteiger partial charge in [0.05, 0.1) is 18.9 Å². The Morgan fingerprint density at radius 3 is 2.46 bits per heavy atom. The van der Waals surface area contributed by atoms with Gasteiger partial charge in [-0.2, -0.15) is 0 Å². The molecule has 1 N–H and O–H groups in total. The molecule has 142 valence electrons. The highest BCUT2D eigenvalue weighted by Crippen LogP contribution is 2.30. The molecule has 1 aromatic heterocycles. The van der Waals surface area contributed by atoms with Crippen LogP contribution in [0.25, 0.3) is 0 Å². The second-order valence-corrected chi connectivity index (χ2v) is 7.20. The predicted molar refractivity (Wildman–Crippen MR) is 93.3 cm³/mol. The van der Waals surface area contributed by atoms with Crippen LogP contribution in [-0.2, 0) is 14.3 Å². The minimum Gasteiger partial charge on any atom is -0.472 e. The van der Waals surface area contributed by atoms with Crippen LogP contribution in [0.3, 0.4) is 0 Å². The summed E-state index contributed by atoms with van der Waals surface area (Å²) in [5, 5.41) is 2.99. The maximum absolute atomic E-state index is 12.8. The number of carbonyl (C=O) groups excluding carboxylic acids is 3. The van der Waals surface area contributed by atoms with E-state index in [0.717, 1.165) is 19.3 Å². The number of furan rings is 1. The summed E-state index contributed by atoms with van der Waals surface area (Å²) in [4.78, 5) is 39.1. The smallest absolute Gasteiger partial charge is 0.331 e. The molecule has 1 aliphatic carbocycles. The second kappa shape index (κ2) is 7.93. The summed E-state index contributed by atoms with van der Waals surface area (Å²) < 4.78 is 9.91. The molecule has 0 aromatic carbocycles. The molecule has 0 atom stereocenters. The van der Waals surface area contributed by atoms with Crippen LogP contribution in [0.15, 0.2) is 23.0 Å². The first-order valence-electron chi connectivity index (χ1n) is 9.28. The Hall–Kier alpha value is -2.31. The van der Waals surface area contributed by atoms with Gasteiger partial charge in [-0.25, -0.2) is 4.79 Å². The van der Waals surface area contributed by atoms with E-state index < -0.39 is 5.54 Å². The van der Waals surface area contributed by atoms with Crippen LogP contribution in [0.5, 0.6) is 0 Å². The monoisotopic (exact) mass is 362 g/mol. The third-order valence-electron chi connectivity index (χ3n) is 5.57. The lowest BCUT2D eigenvalue weighted by Gasteiger charge is -2.38. The van der Waals surface area contributed by atoms with Crippen LogP contribution in [-0.4, -0.2) is 48.4 Å². The minimum absolute atomic E-state index is 0.0732. The molecular weight excluding hydrogens is 336 g/mol. The molecule has 26 heavy (non-hydrogen) atoms. The Balaban J connectivity index is 1.57. The summed E-state index contributed by atoms with van der Waals surface area (Å²) in [7, 11) is 1.37. The predicted octanol–water partition coefficient (Wildman–Crippen LogP) is 2.12. The van der Waals surface area contributed by atoms with Crippen molar-refractivity contribution >= 4 is 17.8 Å². The number of methoxy groups -OCH3 is 1. The Morgan fingerprint density at radius 2 is 1.88 bits per heavy atom. The van der Waals surface area contributed by atoms with Gasteiger partial charge in [-0.1, -0.05) is 19.3 Å². The summed E-state index contributed by atoms with van der Waals surface area (Å²) in [6.07, 6.45) is 8.24. The Labute approximate surface area is 153 Å². The number of carbonyl (C=O) groups is 3. The largest absolute Gasteiger partial charge is 0.472 e. The Bertz CT molecular complexity index is 641. The van der Waals surface area contributed by atoms with Gasteiger partial charge in [-0.15, -0.1) is 0 Å². The molecule has 7 heteroatoms. The van der Waals surface area contributed by atoms with Gasteiger partial charge in [0.15, 0.2) is 0 Å². The quantitative estimate of drug-likeness (QED) is 0.829. The normalized spacial score (nSPS) is 20.4. The van der Waals surface area contributed by atoms with Crippen LogP contribution >= 0.6 is 0 Å². The minimum atomic E-state index is -0.881. The molecule has 0 bridgehead atoms. The van der Waals surface area contributed by atoms with Crippen LogP contribution in [0.1, 0.15) is 55.3 Å². The maximum Gasteiger partial charge on any atom is 0.331 e. The summed E-state index contributed by atoms with van der Waals surface area (Å²) in [5.74, 6) is -0.714. The number of nitrogens with zero attached hydrogens (tertiary/aromatic N) is 1. The number of likely N-dealkylation sites (tertiary alicyclic amines) is 1. The lowest BCUT2D eigenvalue weighted by Crippen LogP contribution is -2.58. The summed E-state index contributed by atoms with van der Waals surface area (Å²) >= 11 is 0. The zero-order valence-electron chi connectivity index (χ0n) is 15.2. The van der Waals surface area contributed by atoms with Gasteiger partial charge in [0.25, 0.3) is 5.91 Å². The highest BCUT2D eigenvalue weighted by Gasteiger charge is 2.43. The van der Waals surface area contributed by atoms with Gasteiger partial charge < -0.3 is 19.4 Å². The Kier molecular flexibility index (Phi) is 5.64. The number of esters is 1. The van der Waals surface area contributed by atoms with Gasteiger partial charge in [0, 0.05) is 19.0 Å². The van der Waals surface area contributed by atoms with E-state index in [4.69, 9.17) is 9.15 Å². The molecule has 0 unspecified atom stereocenters. The third-order valence-corrected chi connectivity index (χ3v) is 5.57. The van der Waals surface area contributed by atoms with E-state index >= 15 is 0 Å². The second-order valence-electron chi connectivity index (χ2n) is 7.20. The number of hydrogen-bond acceptors (Lipinski definition) is 5. The molecule has 2 amide bonds. The van der Waals surface area contributed by atoms with Gasteiger partial charge in [0.1, 0.15) is 11.8 Å². The van der Waals surface area contributed by atoms with Gasteiger partial charge in [0.2, 0.25) is 5.91 Å². The van der Waals surface area contributed by atoms with Crippen molar-refractivity contribution < 1.29 is 23.5 Å². The molecule has 1 aliphatic heterocycles. The number of hydrogen-bond donors (Lipinski definition) is 1. The molecular formula is C19H26N2O5. The molecule has 1 saturated heterocycles. The summed E-state index contributed by atoms with van der Waals surface area (Å²) in [6.45, 7) is 1.04. The molecule has 2 aliphatic rings. The zero-order chi connectivity index (χ0) is 18.6. The molecule has 1 aromatic rings. The van der Waals surface area contributed by atoms with Crippen molar-refractivity contribution in [3.8, 4) is 0 Å². The summed E-state index contributed by atoms with van der Waals surface area (Å²) in [5.41, 5.74) is -0.354. The van der Waals surface area contributed by atoms with E-state index in [9.17, 15) is 14.4 Å². The van der Waals surface area contributed by atoms with Crippen LogP contribution in [0, 0.1) is 5.92 Å². The SMILES string of the molecule is COC(=O)C1(NC(=O)C2CCN(C(=O)c3ccoc3)CC2)CCCCC1. The highest BCUT2D eigenvalue weighted by molar-refractivity contribution is 5.94. The average molecular weight is 362 g/mol. The number of ether oxygens (including phenoxy) is 1. The number of rotatable bonds is 4. The van der Waals surface area contributed by atoms with Crippen molar-refractivity contribution in [2.75, 3.05) is 20.2 Å². The lowest BCUT2D eigenvalue weighted by molar-refractivity contribution is -0.153.